The van der Waals surface area contributed by atoms with Crippen LogP contribution in [0.5, 0.6) is 0 Å². The van der Waals surface area contributed by atoms with Crippen molar-refractivity contribution >= 4 is 15.9 Å². The molecular formula is C16H24BrN3O. The molecule has 1 atom stereocenters. The molecule has 2 rings (SSSR count). The molecule has 2 heterocycles. The Morgan fingerprint density at radius 1 is 1.33 bits per heavy atom. The van der Waals surface area contributed by atoms with Crippen LogP contribution in [0.25, 0.3) is 0 Å². The fourth-order valence-electron chi connectivity index (χ4n) is 2.59. The number of rotatable bonds is 8. The second-order valence-electron chi connectivity index (χ2n) is 5.14. The molecule has 0 saturated carbocycles. The van der Waals surface area contributed by atoms with Crippen LogP contribution in [-0.2, 0) is 13.0 Å². The molecule has 0 saturated heterocycles. The summed E-state index contributed by atoms with van der Waals surface area (Å²) >= 11 is 3.66. The SMILES string of the molecule is CCCNC(c1ccoc1CC)c1c(Br)cnn1CCC. The van der Waals surface area contributed by atoms with E-state index in [1.165, 1.54) is 11.3 Å². The van der Waals surface area contributed by atoms with Crippen molar-refractivity contribution < 1.29 is 4.42 Å². The van der Waals surface area contributed by atoms with Crippen LogP contribution in [-0.4, -0.2) is 16.3 Å². The predicted octanol–water partition coefficient (Wildman–Crippen LogP) is 4.30. The van der Waals surface area contributed by atoms with Crippen molar-refractivity contribution in [3.63, 3.8) is 0 Å². The van der Waals surface area contributed by atoms with Crippen LogP contribution in [0.4, 0.5) is 0 Å². The third-order valence-electron chi connectivity index (χ3n) is 3.55. The van der Waals surface area contributed by atoms with Crippen LogP contribution in [0, 0.1) is 0 Å². The highest BCUT2D eigenvalue weighted by atomic mass is 79.9. The Balaban J connectivity index is 2.43. The molecule has 1 unspecified atom stereocenters. The van der Waals surface area contributed by atoms with Crippen LogP contribution >= 0.6 is 15.9 Å². The monoisotopic (exact) mass is 353 g/mol. The van der Waals surface area contributed by atoms with E-state index in [1.807, 2.05) is 6.20 Å². The summed E-state index contributed by atoms with van der Waals surface area (Å²) in [5.41, 5.74) is 2.39. The maximum Gasteiger partial charge on any atom is 0.108 e. The molecule has 0 spiro atoms. The van der Waals surface area contributed by atoms with Crippen LogP contribution in [0.3, 0.4) is 0 Å². The normalized spacial score (nSPS) is 12.8. The molecule has 0 aliphatic rings. The predicted molar refractivity (Wildman–Crippen MR) is 88.4 cm³/mol. The molecular weight excluding hydrogens is 330 g/mol. The maximum absolute atomic E-state index is 5.63. The second kappa shape index (κ2) is 7.80. The van der Waals surface area contributed by atoms with Gasteiger partial charge in [0.1, 0.15) is 5.76 Å². The van der Waals surface area contributed by atoms with Gasteiger partial charge in [-0.05, 0) is 41.4 Å². The Kier molecular flexibility index (Phi) is 6.06. The molecule has 116 valence electrons. The second-order valence-corrected chi connectivity index (χ2v) is 6.00. The number of furan rings is 1. The summed E-state index contributed by atoms with van der Waals surface area (Å²) in [6.07, 6.45) is 6.72. The van der Waals surface area contributed by atoms with Crippen molar-refractivity contribution in [3.05, 3.63) is 40.0 Å². The average molecular weight is 354 g/mol. The Morgan fingerprint density at radius 3 is 2.81 bits per heavy atom. The lowest BCUT2D eigenvalue weighted by Gasteiger charge is -2.21. The maximum atomic E-state index is 5.63. The van der Waals surface area contributed by atoms with Crippen molar-refractivity contribution in [2.75, 3.05) is 6.54 Å². The molecule has 0 aliphatic heterocycles. The van der Waals surface area contributed by atoms with E-state index in [-0.39, 0.29) is 6.04 Å². The Bertz CT molecular complexity index is 562. The Labute approximate surface area is 135 Å². The summed E-state index contributed by atoms with van der Waals surface area (Å²) in [6, 6.07) is 2.18. The minimum Gasteiger partial charge on any atom is -0.469 e. The summed E-state index contributed by atoms with van der Waals surface area (Å²) in [7, 11) is 0. The number of nitrogens with one attached hydrogen (secondary N) is 1. The summed E-state index contributed by atoms with van der Waals surface area (Å²) in [4.78, 5) is 0. The minimum absolute atomic E-state index is 0.113. The van der Waals surface area contributed by atoms with Gasteiger partial charge in [0.15, 0.2) is 0 Å². The van der Waals surface area contributed by atoms with Gasteiger partial charge in [-0.2, -0.15) is 5.10 Å². The number of hydrogen-bond acceptors (Lipinski definition) is 3. The van der Waals surface area contributed by atoms with E-state index in [2.05, 4.69) is 57.9 Å². The fraction of sp³-hybridized carbons (Fsp3) is 0.562. The van der Waals surface area contributed by atoms with Crippen molar-refractivity contribution in [1.82, 2.24) is 15.1 Å². The third kappa shape index (κ3) is 3.58. The molecule has 0 radical (unpaired) electrons. The van der Waals surface area contributed by atoms with Crippen molar-refractivity contribution in [3.8, 4) is 0 Å². The van der Waals surface area contributed by atoms with E-state index < -0.39 is 0 Å². The van der Waals surface area contributed by atoms with Crippen molar-refractivity contribution in [1.29, 1.82) is 0 Å². The molecule has 2 aromatic heterocycles. The molecule has 5 heteroatoms. The van der Waals surface area contributed by atoms with Crippen molar-refractivity contribution in [2.45, 2.75) is 52.6 Å². The van der Waals surface area contributed by atoms with E-state index in [4.69, 9.17) is 4.42 Å². The van der Waals surface area contributed by atoms with Crippen LogP contribution in [0.2, 0.25) is 0 Å². The first kappa shape index (κ1) is 16.3. The van der Waals surface area contributed by atoms with E-state index in [0.717, 1.165) is 42.6 Å². The lowest BCUT2D eigenvalue weighted by molar-refractivity contribution is 0.482. The molecule has 0 bridgehead atoms. The van der Waals surface area contributed by atoms with E-state index in [1.54, 1.807) is 6.26 Å². The van der Waals surface area contributed by atoms with Crippen LogP contribution in [0.1, 0.15) is 56.7 Å². The van der Waals surface area contributed by atoms with Gasteiger partial charge in [0.25, 0.3) is 0 Å². The Morgan fingerprint density at radius 2 is 2.14 bits per heavy atom. The number of hydrogen-bond donors (Lipinski definition) is 1. The number of halogens is 1. The largest absolute Gasteiger partial charge is 0.469 e. The van der Waals surface area contributed by atoms with Crippen molar-refractivity contribution in [2.24, 2.45) is 0 Å². The number of nitrogens with zero attached hydrogens (tertiary/aromatic N) is 2. The zero-order valence-corrected chi connectivity index (χ0v) is 14.6. The minimum atomic E-state index is 0.113. The fourth-order valence-corrected chi connectivity index (χ4v) is 3.11. The van der Waals surface area contributed by atoms with Crippen LogP contribution in [0.15, 0.2) is 27.4 Å². The highest BCUT2D eigenvalue weighted by molar-refractivity contribution is 9.10. The quantitative estimate of drug-likeness (QED) is 0.769. The molecule has 0 fully saturated rings. The summed E-state index contributed by atoms with van der Waals surface area (Å²) in [6.45, 7) is 8.35. The van der Waals surface area contributed by atoms with Gasteiger partial charge in [-0.15, -0.1) is 0 Å². The van der Waals surface area contributed by atoms with E-state index in [9.17, 15) is 0 Å². The lowest BCUT2D eigenvalue weighted by Crippen LogP contribution is -2.26. The standard InChI is InChI=1S/C16H24BrN3O/c1-4-8-18-15(12-7-10-21-14(12)6-3)16-13(17)11-19-20(16)9-5-2/h7,10-11,15,18H,4-6,8-9H2,1-3H3. The molecule has 0 aromatic carbocycles. The average Bonchev–Trinajstić information content (AvgIpc) is 3.09. The molecule has 4 nitrogen and oxygen atoms in total. The third-order valence-corrected chi connectivity index (χ3v) is 4.16. The topological polar surface area (TPSA) is 43.0 Å². The summed E-state index contributed by atoms with van der Waals surface area (Å²) < 4.78 is 8.76. The van der Waals surface area contributed by atoms with E-state index in [0.29, 0.717) is 0 Å². The first-order valence-electron chi connectivity index (χ1n) is 7.73. The Hall–Kier alpha value is -1.07. The van der Waals surface area contributed by atoms with Crippen LogP contribution < -0.4 is 5.32 Å². The summed E-state index contributed by atoms with van der Waals surface area (Å²) in [5.74, 6) is 1.04. The lowest BCUT2D eigenvalue weighted by atomic mass is 10.0. The van der Waals surface area contributed by atoms with Gasteiger partial charge in [-0.3, -0.25) is 4.68 Å². The molecule has 21 heavy (non-hydrogen) atoms. The summed E-state index contributed by atoms with van der Waals surface area (Å²) in [5, 5.41) is 8.14. The van der Waals surface area contributed by atoms with Gasteiger partial charge in [0.2, 0.25) is 0 Å². The first-order valence-corrected chi connectivity index (χ1v) is 8.52. The highest BCUT2D eigenvalue weighted by Gasteiger charge is 2.24. The number of aryl methyl sites for hydroxylation is 2. The zero-order chi connectivity index (χ0) is 15.2. The molecule has 2 aromatic rings. The zero-order valence-electron chi connectivity index (χ0n) is 13.0. The first-order chi connectivity index (χ1) is 10.2. The number of aromatic nitrogens is 2. The van der Waals surface area contributed by atoms with Gasteiger partial charge in [-0.1, -0.05) is 20.8 Å². The van der Waals surface area contributed by atoms with Gasteiger partial charge in [-0.25, -0.2) is 0 Å². The molecule has 0 amide bonds. The van der Waals surface area contributed by atoms with Gasteiger partial charge in [0, 0.05) is 18.5 Å². The van der Waals surface area contributed by atoms with Gasteiger partial charge in [0.05, 0.1) is 28.7 Å². The highest BCUT2D eigenvalue weighted by Crippen LogP contribution is 2.31. The molecule has 1 N–H and O–H groups in total. The van der Waals surface area contributed by atoms with E-state index >= 15 is 0 Å². The molecule has 0 aliphatic carbocycles. The smallest absolute Gasteiger partial charge is 0.108 e. The van der Waals surface area contributed by atoms with Gasteiger partial charge < -0.3 is 9.73 Å². The van der Waals surface area contributed by atoms with Gasteiger partial charge >= 0.3 is 0 Å².